The Kier molecular flexibility index (Phi) is 4.06. The summed E-state index contributed by atoms with van der Waals surface area (Å²) in [6.07, 6.45) is 1.64. The van der Waals surface area contributed by atoms with Crippen LogP contribution in [-0.4, -0.2) is 28.9 Å². The average Bonchev–Trinajstić information content (AvgIpc) is 2.74. The van der Waals surface area contributed by atoms with E-state index in [1.54, 1.807) is 23.5 Å². The molecule has 5 heteroatoms. The second-order valence-electron chi connectivity index (χ2n) is 3.79. The molecule has 2 N–H and O–H groups in total. The number of aromatic nitrogens is 2. The van der Waals surface area contributed by atoms with Crippen LogP contribution in [-0.2, 0) is 12.8 Å². The molecule has 0 atom stereocenters. The number of rotatable bonds is 5. The highest BCUT2D eigenvalue weighted by Crippen LogP contribution is 2.17. The lowest BCUT2D eigenvalue weighted by atomic mass is 10.1. The molecule has 0 aliphatic carbocycles. The van der Waals surface area contributed by atoms with Gasteiger partial charge in [-0.3, -0.25) is 0 Å². The van der Waals surface area contributed by atoms with Gasteiger partial charge in [0.2, 0.25) is 0 Å². The minimum atomic E-state index is 0.294. The summed E-state index contributed by atoms with van der Waals surface area (Å²) in [4.78, 5) is 0. The maximum atomic E-state index is 9.37. The first kappa shape index (κ1) is 12.0. The standard InChI is InChI=1S/C12H15N3OS/c1-13-6-5-11-14-15-12(17-11)8-9-3-2-4-10(16)7-9/h2-4,7,13,16H,5-6,8H2,1H3. The number of likely N-dealkylation sites (N-methyl/N-ethyl adjacent to an activating group) is 1. The number of hydrogen-bond acceptors (Lipinski definition) is 5. The van der Waals surface area contributed by atoms with Crippen LogP contribution >= 0.6 is 11.3 Å². The van der Waals surface area contributed by atoms with E-state index in [-0.39, 0.29) is 0 Å². The quantitative estimate of drug-likeness (QED) is 0.845. The molecule has 1 heterocycles. The van der Waals surface area contributed by atoms with Gasteiger partial charge in [0.1, 0.15) is 15.8 Å². The number of hydrogen-bond donors (Lipinski definition) is 2. The molecule has 0 aliphatic heterocycles. The maximum absolute atomic E-state index is 9.37. The average molecular weight is 249 g/mol. The Balaban J connectivity index is 2.01. The normalized spacial score (nSPS) is 10.6. The molecule has 0 amide bonds. The molecule has 0 fully saturated rings. The van der Waals surface area contributed by atoms with Gasteiger partial charge in [0.05, 0.1) is 0 Å². The Morgan fingerprint density at radius 2 is 2.12 bits per heavy atom. The summed E-state index contributed by atoms with van der Waals surface area (Å²) in [6, 6.07) is 7.25. The molecule has 0 radical (unpaired) electrons. The first-order valence-corrected chi connectivity index (χ1v) is 6.33. The van der Waals surface area contributed by atoms with Crippen LogP contribution in [0, 0.1) is 0 Å². The predicted octanol–water partition coefficient (Wildman–Crippen LogP) is 1.60. The van der Waals surface area contributed by atoms with E-state index in [1.165, 1.54) is 0 Å². The van der Waals surface area contributed by atoms with Crippen LogP contribution in [0.1, 0.15) is 15.6 Å². The van der Waals surface area contributed by atoms with E-state index in [0.29, 0.717) is 5.75 Å². The van der Waals surface area contributed by atoms with Crippen molar-refractivity contribution in [1.82, 2.24) is 15.5 Å². The Morgan fingerprint density at radius 3 is 2.88 bits per heavy atom. The van der Waals surface area contributed by atoms with Gasteiger partial charge in [0.25, 0.3) is 0 Å². The SMILES string of the molecule is CNCCc1nnc(Cc2cccc(O)c2)s1. The highest BCUT2D eigenvalue weighted by atomic mass is 32.1. The van der Waals surface area contributed by atoms with Crippen molar-refractivity contribution in [3.63, 3.8) is 0 Å². The van der Waals surface area contributed by atoms with Gasteiger partial charge in [-0.05, 0) is 24.7 Å². The molecule has 90 valence electrons. The van der Waals surface area contributed by atoms with Crippen LogP contribution in [0.2, 0.25) is 0 Å². The second-order valence-corrected chi connectivity index (χ2v) is 4.94. The molecular formula is C12H15N3OS. The monoisotopic (exact) mass is 249 g/mol. The fourth-order valence-electron chi connectivity index (χ4n) is 1.53. The van der Waals surface area contributed by atoms with Gasteiger partial charge in [-0.15, -0.1) is 21.5 Å². The molecule has 17 heavy (non-hydrogen) atoms. The van der Waals surface area contributed by atoms with Crippen molar-refractivity contribution in [1.29, 1.82) is 0 Å². The van der Waals surface area contributed by atoms with Crippen LogP contribution in [0.3, 0.4) is 0 Å². The number of phenols is 1. The van der Waals surface area contributed by atoms with Crippen molar-refractivity contribution in [3.8, 4) is 5.75 Å². The fourth-order valence-corrected chi connectivity index (χ4v) is 2.41. The van der Waals surface area contributed by atoms with Crippen molar-refractivity contribution in [3.05, 3.63) is 39.8 Å². The maximum Gasteiger partial charge on any atom is 0.121 e. The molecule has 0 saturated carbocycles. The summed E-state index contributed by atoms with van der Waals surface area (Å²) < 4.78 is 0. The number of nitrogens with one attached hydrogen (secondary N) is 1. The fraction of sp³-hybridized carbons (Fsp3) is 0.333. The topological polar surface area (TPSA) is 58.0 Å². The molecular weight excluding hydrogens is 234 g/mol. The van der Waals surface area contributed by atoms with Gasteiger partial charge in [-0.2, -0.15) is 0 Å². The van der Waals surface area contributed by atoms with Crippen LogP contribution < -0.4 is 5.32 Å². The van der Waals surface area contributed by atoms with E-state index in [9.17, 15) is 5.11 Å². The molecule has 0 bridgehead atoms. The second kappa shape index (κ2) is 5.75. The highest BCUT2D eigenvalue weighted by molar-refractivity contribution is 7.11. The van der Waals surface area contributed by atoms with E-state index in [4.69, 9.17) is 0 Å². The third kappa shape index (κ3) is 3.51. The lowest BCUT2D eigenvalue weighted by Crippen LogP contribution is -2.09. The third-order valence-electron chi connectivity index (χ3n) is 2.36. The summed E-state index contributed by atoms with van der Waals surface area (Å²) in [5.41, 5.74) is 1.06. The Morgan fingerprint density at radius 1 is 1.29 bits per heavy atom. The number of aromatic hydroxyl groups is 1. The molecule has 2 rings (SSSR count). The van der Waals surface area contributed by atoms with Crippen molar-refractivity contribution < 1.29 is 5.11 Å². The summed E-state index contributed by atoms with van der Waals surface area (Å²) in [6.45, 7) is 0.917. The van der Waals surface area contributed by atoms with Crippen molar-refractivity contribution in [2.45, 2.75) is 12.8 Å². The van der Waals surface area contributed by atoms with Crippen molar-refractivity contribution >= 4 is 11.3 Å². The van der Waals surface area contributed by atoms with E-state index >= 15 is 0 Å². The van der Waals surface area contributed by atoms with Gasteiger partial charge in [-0.25, -0.2) is 0 Å². The smallest absolute Gasteiger partial charge is 0.121 e. The largest absolute Gasteiger partial charge is 0.508 e. The van der Waals surface area contributed by atoms with Crippen LogP contribution in [0.25, 0.3) is 0 Å². The number of phenolic OH excluding ortho intramolecular Hbond substituents is 1. The van der Waals surface area contributed by atoms with E-state index in [0.717, 1.165) is 35.0 Å². The number of benzene rings is 1. The first-order chi connectivity index (χ1) is 8.28. The van der Waals surface area contributed by atoms with Crippen molar-refractivity contribution in [2.75, 3.05) is 13.6 Å². The van der Waals surface area contributed by atoms with Gasteiger partial charge in [-0.1, -0.05) is 12.1 Å². The highest BCUT2D eigenvalue weighted by Gasteiger charge is 2.05. The molecule has 4 nitrogen and oxygen atoms in total. The predicted molar refractivity (Wildman–Crippen MR) is 68.5 cm³/mol. The summed E-state index contributed by atoms with van der Waals surface area (Å²) in [7, 11) is 1.93. The minimum absolute atomic E-state index is 0.294. The summed E-state index contributed by atoms with van der Waals surface area (Å²) in [5, 5.41) is 22.8. The molecule has 0 aliphatic rings. The van der Waals surface area contributed by atoms with E-state index in [1.807, 2.05) is 19.2 Å². The Bertz CT molecular complexity index is 484. The zero-order valence-corrected chi connectivity index (χ0v) is 10.5. The zero-order valence-electron chi connectivity index (χ0n) is 9.68. The van der Waals surface area contributed by atoms with Crippen LogP contribution in [0.15, 0.2) is 24.3 Å². The zero-order chi connectivity index (χ0) is 12.1. The molecule has 2 aromatic rings. The lowest BCUT2D eigenvalue weighted by Gasteiger charge is -1.97. The van der Waals surface area contributed by atoms with Crippen molar-refractivity contribution in [2.24, 2.45) is 0 Å². The Labute approximate surface area is 104 Å². The molecule has 0 spiro atoms. The summed E-state index contributed by atoms with van der Waals surface area (Å²) in [5.74, 6) is 0.294. The van der Waals surface area contributed by atoms with Gasteiger partial charge in [0, 0.05) is 19.4 Å². The lowest BCUT2D eigenvalue weighted by molar-refractivity contribution is 0.474. The van der Waals surface area contributed by atoms with E-state index in [2.05, 4.69) is 15.5 Å². The molecule has 1 aromatic heterocycles. The number of nitrogens with zero attached hydrogens (tertiary/aromatic N) is 2. The van der Waals surface area contributed by atoms with Crippen LogP contribution in [0.5, 0.6) is 5.75 Å². The van der Waals surface area contributed by atoms with Gasteiger partial charge in [0.15, 0.2) is 0 Å². The van der Waals surface area contributed by atoms with E-state index < -0.39 is 0 Å². The Hall–Kier alpha value is -1.46. The molecule has 1 aromatic carbocycles. The summed E-state index contributed by atoms with van der Waals surface area (Å²) >= 11 is 1.63. The van der Waals surface area contributed by atoms with Gasteiger partial charge >= 0.3 is 0 Å². The molecule has 0 saturated heterocycles. The third-order valence-corrected chi connectivity index (χ3v) is 3.35. The van der Waals surface area contributed by atoms with Crippen LogP contribution in [0.4, 0.5) is 0 Å². The van der Waals surface area contributed by atoms with Gasteiger partial charge < -0.3 is 10.4 Å². The molecule has 0 unspecified atom stereocenters. The minimum Gasteiger partial charge on any atom is -0.508 e. The first-order valence-electron chi connectivity index (χ1n) is 5.51.